The summed E-state index contributed by atoms with van der Waals surface area (Å²) in [5.41, 5.74) is 2.45. The van der Waals surface area contributed by atoms with E-state index >= 15 is 0 Å². The molecule has 156 valence electrons. The molecule has 1 saturated heterocycles. The van der Waals surface area contributed by atoms with Crippen LogP contribution in [0.4, 0.5) is 5.69 Å². The van der Waals surface area contributed by atoms with E-state index < -0.39 is 0 Å². The van der Waals surface area contributed by atoms with Crippen molar-refractivity contribution < 1.29 is 14.3 Å². The minimum Gasteiger partial charge on any atom is -0.493 e. The van der Waals surface area contributed by atoms with E-state index in [0.29, 0.717) is 19.8 Å². The fraction of sp³-hybridized carbons (Fsp3) is 0.391. The Labute approximate surface area is 177 Å². The molecule has 5 nitrogen and oxygen atoms in total. The molecule has 0 bridgehead atoms. The third kappa shape index (κ3) is 5.84. The molecular formula is C23H30N2O3S. The van der Waals surface area contributed by atoms with Gasteiger partial charge in [-0.2, -0.15) is 0 Å². The molecule has 0 radical (unpaired) electrons. The quantitative estimate of drug-likeness (QED) is 0.614. The highest BCUT2D eigenvalue weighted by Crippen LogP contribution is 2.34. The van der Waals surface area contributed by atoms with Crippen molar-refractivity contribution in [3.63, 3.8) is 0 Å². The number of allylic oxidation sites excluding steroid dienone is 2. The predicted octanol–water partition coefficient (Wildman–Crippen LogP) is 5.87. The van der Waals surface area contributed by atoms with Gasteiger partial charge in [-0.1, -0.05) is 37.8 Å². The van der Waals surface area contributed by atoms with E-state index in [0.717, 1.165) is 32.9 Å². The minimum absolute atomic E-state index is 0.0119. The number of nitrogens with one attached hydrogen (secondary N) is 1. The Balaban J connectivity index is 0.00000145. The molecule has 29 heavy (non-hydrogen) atoms. The molecule has 1 aliphatic heterocycles. The van der Waals surface area contributed by atoms with Gasteiger partial charge < -0.3 is 14.8 Å². The van der Waals surface area contributed by atoms with Crippen LogP contribution in [0.2, 0.25) is 0 Å². The third-order valence-electron chi connectivity index (χ3n) is 4.19. The van der Waals surface area contributed by atoms with Crippen LogP contribution in [-0.2, 0) is 9.53 Å². The number of nitrogens with zero attached hydrogens (tertiary/aromatic N) is 1. The Kier molecular flexibility index (Phi) is 9.22. The second kappa shape index (κ2) is 11.6. The summed E-state index contributed by atoms with van der Waals surface area (Å²) in [7, 11) is 0. The van der Waals surface area contributed by atoms with E-state index in [1.54, 1.807) is 11.8 Å². The molecule has 1 aromatic heterocycles. The summed E-state index contributed by atoms with van der Waals surface area (Å²) < 4.78 is 11.0. The summed E-state index contributed by atoms with van der Waals surface area (Å²) in [5, 5.41) is 5.87. The maximum atomic E-state index is 12.2. The molecule has 0 unspecified atom stereocenters. The van der Waals surface area contributed by atoms with Gasteiger partial charge in [-0.05, 0) is 44.4 Å². The lowest BCUT2D eigenvalue weighted by molar-refractivity contribution is -0.133. The Hall–Kier alpha value is -2.31. The first-order valence-electron chi connectivity index (χ1n) is 10.1. The van der Waals surface area contributed by atoms with Crippen LogP contribution in [0.25, 0.3) is 15.8 Å². The van der Waals surface area contributed by atoms with E-state index in [-0.39, 0.29) is 11.8 Å². The SMILES string of the molecule is C/C=C\S/C(=C\C)c1cc(OCC)c2cc(NC(=O)C3COC3)ccc2n1.CC. The van der Waals surface area contributed by atoms with E-state index in [9.17, 15) is 4.79 Å². The lowest BCUT2D eigenvalue weighted by Crippen LogP contribution is -2.38. The molecule has 3 rings (SSSR count). The van der Waals surface area contributed by atoms with Crippen molar-refractivity contribution in [2.45, 2.75) is 34.6 Å². The first-order valence-corrected chi connectivity index (χ1v) is 10.9. The molecule has 1 aliphatic rings. The Morgan fingerprint density at radius 2 is 2.07 bits per heavy atom. The molecule has 0 saturated carbocycles. The highest BCUT2D eigenvalue weighted by molar-refractivity contribution is 8.10. The van der Waals surface area contributed by atoms with Crippen molar-refractivity contribution in [1.29, 1.82) is 0 Å². The van der Waals surface area contributed by atoms with Gasteiger partial charge in [0.15, 0.2) is 0 Å². The normalized spacial score (nSPS) is 14.3. The Morgan fingerprint density at radius 1 is 1.31 bits per heavy atom. The number of fused-ring (bicyclic) bond motifs is 1. The number of anilines is 1. The van der Waals surface area contributed by atoms with Crippen LogP contribution in [0.5, 0.6) is 5.75 Å². The molecule has 6 heteroatoms. The smallest absolute Gasteiger partial charge is 0.232 e. The molecule has 1 aromatic carbocycles. The average molecular weight is 415 g/mol. The molecule has 0 atom stereocenters. The molecule has 0 spiro atoms. The zero-order valence-corrected chi connectivity index (χ0v) is 18.6. The van der Waals surface area contributed by atoms with Gasteiger partial charge in [0.2, 0.25) is 5.91 Å². The number of carbonyl (C=O) groups excluding carboxylic acids is 1. The summed E-state index contributed by atoms with van der Waals surface area (Å²) in [6, 6.07) is 7.68. The van der Waals surface area contributed by atoms with Gasteiger partial charge in [-0.15, -0.1) is 0 Å². The van der Waals surface area contributed by atoms with Gasteiger partial charge in [0.1, 0.15) is 5.75 Å². The van der Waals surface area contributed by atoms with Crippen molar-refractivity contribution in [1.82, 2.24) is 4.98 Å². The third-order valence-corrected chi connectivity index (χ3v) is 5.30. The number of carbonyl (C=O) groups is 1. The molecule has 0 aliphatic carbocycles. The molecule has 1 amide bonds. The fourth-order valence-electron chi connectivity index (χ4n) is 2.72. The zero-order valence-electron chi connectivity index (χ0n) is 17.8. The van der Waals surface area contributed by atoms with Gasteiger partial charge in [0.05, 0.1) is 36.9 Å². The monoisotopic (exact) mass is 414 g/mol. The summed E-state index contributed by atoms with van der Waals surface area (Å²) in [6.45, 7) is 11.5. The maximum Gasteiger partial charge on any atom is 0.232 e. The van der Waals surface area contributed by atoms with E-state index in [4.69, 9.17) is 14.5 Å². The first-order chi connectivity index (χ1) is 14.2. The standard InChI is InChI=1S/C21H24N2O3S.C2H6/c1-4-9-27-20(5-2)18-11-19(26-6-3)16-10-15(7-8-17(16)23-18)22-21(24)14-12-25-13-14;1-2/h4-5,7-11,14H,6,12-13H2,1-3H3,(H,22,24);1-2H3/b9-4-,20-5-;. The number of ether oxygens (including phenoxy) is 2. The van der Waals surface area contributed by atoms with Crippen LogP contribution in [0.15, 0.2) is 41.8 Å². The summed E-state index contributed by atoms with van der Waals surface area (Å²) >= 11 is 1.63. The van der Waals surface area contributed by atoms with Crippen LogP contribution >= 0.6 is 11.8 Å². The van der Waals surface area contributed by atoms with Gasteiger partial charge in [0, 0.05) is 22.0 Å². The van der Waals surface area contributed by atoms with Gasteiger partial charge in [-0.3, -0.25) is 4.79 Å². The van der Waals surface area contributed by atoms with Crippen molar-refractivity contribution in [3.8, 4) is 5.75 Å². The molecular weight excluding hydrogens is 384 g/mol. The van der Waals surface area contributed by atoms with E-state index in [1.807, 2.05) is 76.4 Å². The maximum absolute atomic E-state index is 12.2. The number of rotatable bonds is 7. The Bertz CT molecular complexity index is 889. The van der Waals surface area contributed by atoms with Crippen LogP contribution in [-0.4, -0.2) is 30.7 Å². The number of aromatic nitrogens is 1. The zero-order chi connectivity index (χ0) is 21.2. The van der Waals surface area contributed by atoms with Crippen LogP contribution in [0.1, 0.15) is 40.3 Å². The van der Waals surface area contributed by atoms with Crippen molar-refractivity contribution in [2.75, 3.05) is 25.1 Å². The Morgan fingerprint density at radius 3 is 2.66 bits per heavy atom. The lowest BCUT2D eigenvalue weighted by atomic mass is 10.1. The number of pyridine rings is 1. The topological polar surface area (TPSA) is 60.5 Å². The van der Waals surface area contributed by atoms with E-state index in [1.165, 1.54) is 0 Å². The summed E-state index contributed by atoms with van der Waals surface area (Å²) in [5.74, 6) is 0.691. The van der Waals surface area contributed by atoms with Crippen LogP contribution < -0.4 is 10.1 Å². The highest BCUT2D eigenvalue weighted by Gasteiger charge is 2.26. The number of thioether (sulfide) groups is 1. The minimum atomic E-state index is -0.0616. The fourth-order valence-corrected chi connectivity index (χ4v) is 3.37. The number of amides is 1. The summed E-state index contributed by atoms with van der Waals surface area (Å²) in [4.78, 5) is 18.0. The van der Waals surface area contributed by atoms with Gasteiger partial charge in [0.25, 0.3) is 0 Å². The number of hydrogen-bond donors (Lipinski definition) is 1. The van der Waals surface area contributed by atoms with Gasteiger partial charge in [-0.25, -0.2) is 4.98 Å². The number of hydrogen-bond acceptors (Lipinski definition) is 5. The molecule has 1 fully saturated rings. The highest BCUT2D eigenvalue weighted by atomic mass is 32.2. The predicted molar refractivity (Wildman–Crippen MR) is 123 cm³/mol. The van der Waals surface area contributed by atoms with Crippen LogP contribution in [0, 0.1) is 5.92 Å². The van der Waals surface area contributed by atoms with Crippen LogP contribution in [0.3, 0.4) is 0 Å². The molecule has 2 aromatic rings. The van der Waals surface area contributed by atoms with Crippen molar-refractivity contribution >= 4 is 39.2 Å². The molecule has 1 N–H and O–H groups in total. The average Bonchev–Trinajstić information content (AvgIpc) is 2.69. The second-order valence-corrected chi connectivity index (χ2v) is 7.08. The van der Waals surface area contributed by atoms with Crippen molar-refractivity contribution in [2.24, 2.45) is 5.92 Å². The number of benzene rings is 1. The van der Waals surface area contributed by atoms with Crippen molar-refractivity contribution in [3.05, 3.63) is 47.5 Å². The lowest BCUT2D eigenvalue weighted by Gasteiger charge is -2.24. The largest absolute Gasteiger partial charge is 0.493 e. The van der Waals surface area contributed by atoms with E-state index in [2.05, 4.69) is 5.32 Å². The molecule has 2 heterocycles. The first kappa shape index (κ1) is 23.0. The second-order valence-electron chi connectivity index (χ2n) is 6.13. The van der Waals surface area contributed by atoms with Gasteiger partial charge >= 0.3 is 0 Å². The summed E-state index contributed by atoms with van der Waals surface area (Å²) in [6.07, 6.45) is 4.05.